The van der Waals surface area contributed by atoms with Crippen molar-refractivity contribution in [2.24, 2.45) is 0 Å². The quantitative estimate of drug-likeness (QED) is 0.822. The number of amides is 3. The van der Waals surface area contributed by atoms with Crippen LogP contribution in [0.15, 0.2) is 48.5 Å². The molecule has 27 heavy (non-hydrogen) atoms. The zero-order valence-corrected chi connectivity index (χ0v) is 15.0. The molecule has 0 atom stereocenters. The van der Waals surface area contributed by atoms with Crippen LogP contribution in [0.25, 0.3) is 0 Å². The predicted octanol–water partition coefficient (Wildman–Crippen LogP) is 2.79. The lowest BCUT2D eigenvalue weighted by Crippen LogP contribution is -2.23. The number of nitrogens with zero attached hydrogens (tertiary/aromatic N) is 1. The second kappa shape index (κ2) is 8.35. The number of nitrogens with one attached hydrogen (secondary N) is 2. The van der Waals surface area contributed by atoms with Crippen LogP contribution in [0.4, 0.5) is 17.1 Å². The van der Waals surface area contributed by atoms with Crippen LogP contribution in [0, 0.1) is 0 Å². The van der Waals surface area contributed by atoms with E-state index in [4.69, 9.17) is 4.74 Å². The molecule has 1 fully saturated rings. The number of carbonyl (C=O) groups excluding carboxylic acids is 3. The normalized spacial score (nSPS) is 13.4. The molecule has 3 amide bonds. The first-order valence-corrected chi connectivity index (χ1v) is 8.72. The van der Waals surface area contributed by atoms with Crippen molar-refractivity contribution < 1.29 is 19.1 Å². The molecule has 1 aliphatic rings. The largest absolute Gasteiger partial charge is 0.484 e. The minimum Gasteiger partial charge on any atom is -0.484 e. The highest BCUT2D eigenvalue weighted by Crippen LogP contribution is 2.23. The summed E-state index contributed by atoms with van der Waals surface area (Å²) < 4.78 is 5.44. The van der Waals surface area contributed by atoms with Gasteiger partial charge in [0.1, 0.15) is 5.75 Å². The average molecular weight is 367 g/mol. The summed E-state index contributed by atoms with van der Waals surface area (Å²) in [6.45, 7) is 2.04. The van der Waals surface area contributed by atoms with Gasteiger partial charge in [0.15, 0.2) is 6.61 Å². The molecule has 2 aromatic carbocycles. The Morgan fingerprint density at radius 2 is 1.63 bits per heavy atom. The smallest absolute Gasteiger partial charge is 0.262 e. The van der Waals surface area contributed by atoms with Gasteiger partial charge in [-0.15, -0.1) is 0 Å². The minimum absolute atomic E-state index is 0.129. The van der Waals surface area contributed by atoms with Crippen molar-refractivity contribution in [1.82, 2.24) is 0 Å². The van der Waals surface area contributed by atoms with Gasteiger partial charge in [-0.1, -0.05) is 0 Å². The Morgan fingerprint density at radius 1 is 1.00 bits per heavy atom. The molecule has 0 saturated carbocycles. The van der Waals surface area contributed by atoms with Gasteiger partial charge in [0.25, 0.3) is 5.91 Å². The van der Waals surface area contributed by atoms with E-state index in [2.05, 4.69) is 10.6 Å². The third kappa shape index (κ3) is 5.07. The van der Waals surface area contributed by atoms with Crippen LogP contribution in [-0.4, -0.2) is 30.9 Å². The van der Waals surface area contributed by atoms with Gasteiger partial charge >= 0.3 is 0 Å². The number of anilines is 3. The summed E-state index contributed by atoms with van der Waals surface area (Å²) in [5.74, 6) is 0.223. The summed E-state index contributed by atoms with van der Waals surface area (Å²) in [6.07, 6.45) is 1.46. The lowest BCUT2D eigenvalue weighted by molar-refractivity contribution is -0.118. The number of carbonyl (C=O) groups is 3. The summed E-state index contributed by atoms with van der Waals surface area (Å²) in [6, 6.07) is 13.9. The fourth-order valence-electron chi connectivity index (χ4n) is 2.83. The Morgan fingerprint density at radius 3 is 2.22 bits per heavy atom. The SMILES string of the molecule is CC(=O)Nc1ccc(OCC(=O)Nc2ccc(N3CCCC3=O)cc2)cc1. The lowest BCUT2D eigenvalue weighted by Gasteiger charge is -2.16. The van der Waals surface area contributed by atoms with Gasteiger partial charge < -0.3 is 20.3 Å². The summed E-state index contributed by atoms with van der Waals surface area (Å²) in [7, 11) is 0. The van der Waals surface area contributed by atoms with Crippen molar-refractivity contribution in [3.63, 3.8) is 0 Å². The van der Waals surface area contributed by atoms with Crippen molar-refractivity contribution in [3.05, 3.63) is 48.5 Å². The van der Waals surface area contributed by atoms with Crippen LogP contribution < -0.4 is 20.3 Å². The van der Waals surface area contributed by atoms with E-state index in [0.717, 1.165) is 18.7 Å². The fourth-order valence-corrected chi connectivity index (χ4v) is 2.83. The Labute approximate surface area is 157 Å². The first-order chi connectivity index (χ1) is 13.0. The molecule has 1 aliphatic heterocycles. The first kappa shape index (κ1) is 18.4. The number of ether oxygens (including phenoxy) is 1. The third-order valence-electron chi connectivity index (χ3n) is 4.08. The zero-order valence-electron chi connectivity index (χ0n) is 15.0. The van der Waals surface area contributed by atoms with Crippen LogP contribution >= 0.6 is 0 Å². The lowest BCUT2D eigenvalue weighted by atomic mass is 10.2. The molecule has 0 bridgehead atoms. The molecule has 0 radical (unpaired) electrons. The summed E-state index contributed by atoms with van der Waals surface area (Å²) >= 11 is 0. The van der Waals surface area contributed by atoms with Gasteiger partial charge in [0.05, 0.1) is 0 Å². The molecular weight excluding hydrogens is 346 g/mol. The van der Waals surface area contributed by atoms with Crippen molar-refractivity contribution in [2.45, 2.75) is 19.8 Å². The molecule has 2 N–H and O–H groups in total. The van der Waals surface area contributed by atoms with E-state index < -0.39 is 0 Å². The molecule has 7 nitrogen and oxygen atoms in total. The van der Waals surface area contributed by atoms with Gasteiger partial charge in [-0.2, -0.15) is 0 Å². The predicted molar refractivity (Wildman–Crippen MR) is 103 cm³/mol. The maximum Gasteiger partial charge on any atom is 0.262 e. The van der Waals surface area contributed by atoms with Gasteiger partial charge in [-0.3, -0.25) is 14.4 Å². The van der Waals surface area contributed by atoms with Gasteiger partial charge in [0.2, 0.25) is 11.8 Å². The Balaban J connectivity index is 1.49. The third-order valence-corrected chi connectivity index (χ3v) is 4.08. The summed E-state index contributed by atoms with van der Waals surface area (Å²) in [5, 5.41) is 5.41. The maximum atomic E-state index is 12.0. The van der Waals surface area contributed by atoms with Crippen LogP contribution in [0.1, 0.15) is 19.8 Å². The monoisotopic (exact) mass is 367 g/mol. The fraction of sp³-hybridized carbons (Fsp3) is 0.250. The summed E-state index contributed by atoms with van der Waals surface area (Å²) in [5.41, 5.74) is 2.14. The van der Waals surface area contributed by atoms with Crippen molar-refractivity contribution in [2.75, 3.05) is 28.7 Å². The zero-order chi connectivity index (χ0) is 19.2. The minimum atomic E-state index is -0.286. The van der Waals surface area contributed by atoms with Gasteiger partial charge in [-0.05, 0) is 55.0 Å². The second-order valence-electron chi connectivity index (χ2n) is 6.24. The molecule has 0 spiro atoms. The van der Waals surface area contributed by atoms with E-state index in [1.165, 1.54) is 6.92 Å². The highest BCUT2D eigenvalue weighted by molar-refractivity contribution is 5.96. The topological polar surface area (TPSA) is 87.7 Å². The Bertz CT molecular complexity index is 831. The molecule has 1 saturated heterocycles. The van der Waals surface area contributed by atoms with Crippen LogP contribution in [0.2, 0.25) is 0 Å². The van der Waals surface area contributed by atoms with E-state index in [0.29, 0.717) is 23.5 Å². The second-order valence-corrected chi connectivity index (χ2v) is 6.24. The Kier molecular flexibility index (Phi) is 5.71. The average Bonchev–Trinajstić information content (AvgIpc) is 3.07. The van der Waals surface area contributed by atoms with Crippen molar-refractivity contribution >= 4 is 34.8 Å². The van der Waals surface area contributed by atoms with Crippen molar-refractivity contribution in [1.29, 1.82) is 0 Å². The number of benzene rings is 2. The van der Waals surface area contributed by atoms with Gasteiger partial charge in [0, 0.05) is 37.0 Å². The van der Waals surface area contributed by atoms with E-state index in [9.17, 15) is 14.4 Å². The molecule has 0 aromatic heterocycles. The molecule has 1 heterocycles. The number of hydrogen-bond donors (Lipinski definition) is 2. The molecule has 7 heteroatoms. The molecule has 2 aromatic rings. The van der Waals surface area contributed by atoms with E-state index in [-0.39, 0.29) is 24.3 Å². The van der Waals surface area contributed by atoms with E-state index in [1.54, 1.807) is 41.3 Å². The number of rotatable bonds is 6. The molecule has 0 aliphatic carbocycles. The molecule has 3 rings (SSSR count). The van der Waals surface area contributed by atoms with E-state index in [1.807, 2.05) is 12.1 Å². The van der Waals surface area contributed by atoms with Crippen LogP contribution in [-0.2, 0) is 14.4 Å². The van der Waals surface area contributed by atoms with Gasteiger partial charge in [-0.25, -0.2) is 0 Å². The standard InChI is InChI=1S/C20H21N3O4/c1-14(24)21-15-6-10-18(11-7-15)27-13-19(25)22-16-4-8-17(9-5-16)23-12-2-3-20(23)26/h4-11H,2-3,12-13H2,1H3,(H,21,24)(H,22,25). The summed E-state index contributed by atoms with van der Waals surface area (Å²) in [4.78, 5) is 36.5. The van der Waals surface area contributed by atoms with Crippen LogP contribution in [0.3, 0.4) is 0 Å². The molecular formula is C20H21N3O4. The molecule has 140 valence electrons. The van der Waals surface area contributed by atoms with E-state index >= 15 is 0 Å². The number of hydrogen-bond acceptors (Lipinski definition) is 4. The molecule has 0 unspecified atom stereocenters. The highest BCUT2D eigenvalue weighted by atomic mass is 16.5. The first-order valence-electron chi connectivity index (χ1n) is 8.72. The highest BCUT2D eigenvalue weighted by Gasteiger charge is 2.21. The van der Waals surface area contributed by atoms with Crippen LogP contribution in [0.5, 0.6) is 5.75 Å². The van der Waals surface area contributed by atoms with Crippen molar-refractivity contribution in [3.8, 4) is 5.75 Å². The Hall–Kier alpha value is -3.35. The maximum absolute atomic E-state index is 12.0.